The molecule has 0 atom stereocenters. The third kappa shape index (κ3) is 4.69. The van der Waals surface area contributed by atoms with Crippen molar-refractivity contribution in [2.75, 3.05) is 4.90 Å². The molecule has 4 heteroatoms. The van der Waals surface area contributed by atoms with E-state index in [1.54, 1.807) is 0 Å². The van der Waals surface area contributed by atoms with Crippen molar-refractivity contribution < 1.29 is 4.42 Å². The van der Waals surface area contributed by atoms with Gasteiger partial charge in [0.1, 0.15) is 11.2 Å². The van der Waals surface area contributed by atoms with Crippen molar-refractivity contribution in [3.8, 4) is 22.3 Å². The fourth-order valence-corrected chi connectivity index (χ4v) is 10.1. The van der Waals surface area contributed by atoms with Crippen LogP contribution in [0.25, 0.3) is 84.5 Å². The van der Waals surface area contributed by atoms with E-state index in [2.05, 4.69) is 181 Å². The molecule has 3 heterocycles. The number of para-hydroxylation sites is 2. The van der Waals surface area contributed by atoms with Crippen LogP contribution in [0, 0.1) is 0 Å². The monoisotopic (exact) mass is 699 g/mol. The zero-order chi connectivity index (χ0) is 34.2. The Hall–Kier alpha value is -6.20. The van der Waals surface area contributed by atoms with Gasteiger partial charge in [0, 0.05) is 74.2 Å². The lowest BCUT2D eigenvalue weighted by Crippen LogP contribution is -2.09. The van der Waals surface area contributed by atoms with E-state index in [0.717, 1.165) is 44.6 Å². The summed E-state index contributed by atoms with van der Waals surface area (Å²) >= 11 is 3.74. The average molecular weight is 700 g/mol. The van der Waals surface area contributed by atoms with Gasteiger partial charge in [0.25, 0.3) is 0 Å². The number of thiophene rings is 2. The maximum Gasteiger partial charge on any atom is 0.137 e. The number of fused-ring (bicyclic) bond motifs is 9. The molecule has 0 unspecified atom stereocenters. The zero-order valence-electron chi connectivity index (χ0n) is 27.9. The molecule has 0 saturated heterocycles. The molecule has 0 bridgehead atoms. The lowest BCUT2D eigenvalue weighted by atomic mass is 9.97. The summed E-state index contributed by atoms with van der Waals surface area (Å²) in [6, 6.07) is 63.5. The van der Waals surface area contributed by atoms with Gasteiger partial charge in [-0.1, -0.05) is 91.0 Å². The number of hydrogen-bond acceptors (Lipinski definition) is 4. The van der Waals surface area contributed by atoms with Crippen molar-refractivity contribution in [1.29, 1.82) is 0 Å². The lowest BCUT2D eigenvalue weighted by Gasteiger charge is -2.25. The number of nitrogens with zero attached hydrogens (tertiary/aromatic N) is 1. The van der Waals surface area contributed by atoms with Crippen LogP contribution in [0.1, 0.15) is 0 Å². The molecular weight excluding hydrogens is 671 g/mol. The van der Waals surface area contributed by atoms with Crippen LogP contribution in [-0.2, 0) is 0 Å². The molecule has 0 radical (unpaired) electrons. The minimum absolute atomic E-state index is 0.878. The molecule has 2 nitrogen and oxygen atoms in total. The van der Waals surface area contributed by atoms with Crippen molar-refractivity contribution in [1.82, 2.24) is 0 Å². The molecule has 0 aliphatic rings. The first-order chi connectivity index (χ1) is 25.7. The van der Waals surface area contributed by atoms with Gasteiger partial charge in [-0.15, -0.1) is 22.7 Å². The Balaban J connectivity index is 0.974. The second-order valence-corrected chi connectivity index (χ2v) is 15.5. The Morgan fingerprint density at radius 1 is 0.346 bits per heavy atom. The molecule has 11 rings (SSSR count). The van der Waals surface area contributed by atoms with Gasteiger partial charge in [0.05, 0.1) is 0 Å². The van der Waals surface area contributed by atoms with Crippen molar-refractivity contribution in [2.45, 2.75) is 0 Å². The summed E-state index contributed by atoms with van der Waals surface area (Å²) in [5, 5.41) is 7.54. The van der Waals surface area contributed by atoms with Crippen LogP contribution in [0.3, 0.4) is 0 Å². The van der Waals surface area contributed by atoms with Gasteiger partial charge in [0.2, 0.25) is 0 Å². The topological polar surface area (TPSA) is 16.4 Å². The fraction of sp³-hybridized carbons (Fsp3) is 0. The lowest BCUT2D eigenvalue weighted by molar-refractivity contribution is 0.669. The maximum atomic E-state index is 6.60. The Morgan fingerprint density at radius 2 is 0.962 bits per heavy atom. The molecule has 0 spiro atoms. The molecule has 8 aromatic carbocycles. The molecule has 244 valence electrons. The van der Waals surface area contributed by atoms with Crippen LogP contribution in [-0.4, -0.2) is 0 Å². The van der Waals surface area contributed by atoms with Crippen molar-refractivity contribution in [3.63, 3.8) is 0 Å². The van der Waals surface area contributed by atoms with E-state index in [9.17, 15) is 0 Å². The molecule has 0 amide bonds. The smallest absolute Gasteiger partial charge is 0.137 e. The minimum atomic E-state index is 0.878. The van der Waals surface area contributed by atoms with Gasteiger partial charge in [-0.2, -0.15) is 0 Å². The summed E-state index contributed by atoms with van der Waals surface area (Å²) in [4.78, 5) is 2.27. The summed E-state index contributed by atoms with van der Waals surface area (Å²) in [6.07, 6.45) is 0. The summed E-state index contributed by atoms with van der Waals surface area (Å²) in [6.45, 7) is 0. The van der Waals surface area contributed by atoms with Gasteiger partial charge in [-0.05, 0) is 101 Å². The number of benzene rings is 8. The predicted molar refractivity (Wildman–Crippen MR) is 225 cm³/mol. The van der Waals surface area contributed by atoms with Gasteiger partial charge >= 0.3 is 0 Å². The van der Waals surface area contributed by atoms with Gasteiger partial charge in [-0.3, -0.25) is 0 Å². The highest BCUT2D eigenvalue weighted by molar-refractivity contribution is 7.26. The van der Waals surface area contributed by atoms with Crippen molar-refractivity contribution in [3.05, 3.63) is 176 Å². The van der Waals surface area contributed by atoms with E-state index < -0.39 is 0 Å². The molecule has 0 aliphatic carbocycles. The third-order valence-electron chi connectivity index (χ3n) is 10.3. The summed E-state index contributed by atoms with van der Waals surface area (Å²) in [7, 11) is 0. The van der Waals surface area contributed by atoms with E-state index in [4.69, 9.17) is 4.42 Å². The first kappa shape index (κ1) is 29.5. The van der Waals surface area contributed by atoms with E-state index in [1.807, 2.05) is 22.7 Å². The van der Waals surface area contributed by atoms with Gasteiger partial charge < -0.3 is 9.32 Å². The van der Waals surface area contributed by atoms with E-state index in [0.29, 0.717) is 0 Å². The molecule has 0 saturated carbocycles. The molecule has 0 aliphatic heterocycles. The first-order valence-corrected chi connectivity index (χ1v) is 19.1. The van der Waals surface area contributed by atoms with Crippen molar-refractivity contribution in [2.24, 2.45) is 0 Å². The van der Waals surface area contributed by atoms with Gasteiger partial charge in [0.15, 0.2) is 0 Å². The average Bonchev–Trinajstić information content (AvgIpc) is 3.88. The number of rotatable bonds is 5. The Morgan fingerprint density at radius 3 is 1.77 bits per heavy atom. The maximum absolute atomic E-state index is 6.60. The summed E-state index contributed by atoms with van der Waals surface area (Å²) in [5.74, 6) is 0. The van der Waals surface area contributed by atoms with Crippen LogP contribution in [0.5, 0.6) is 0 Å². The van der Waals surface area contributed by atoms with Crippen molar-refractivity contribution >= 4 is 102 Å². The Kier molecular flexibility index (Phi) is 6.63. The first-order valence-electron chi connectivity index (χ1n) is 17.5. The fourth-order valence-electron chi connectivity index (χ4n) is 7.83. The summed E-state index contributed by atoms with van der Waals surface area (Å²) < 4.78 is 11.9. The van der Waals surface area contributed by atoms with E-state index >= 15 is 0 Å². The quantitative estimate of drug-likeness (QED) is 0.178. The van der Waals surface area contributed by atoms with E-state index in [1.165, 1.54) is 57.0 Å². The highest BCUT2D eigenvalue weighted by Gasteiger charge is 2.17. The highest BCUT2D eigenvalue weighted by atomic mass is 32.1. The van der Waals surface area contributed by atoms with Crippen LogP contribution in [0.4, 0.5) is 17.1 Å². The molecule has 0 fully saturated rings. The van der Waals surface area contributed by atoms with Crippen LogP contribution >= 0.6 is 22.7 Å². The molecule has 11 aromatic rings. The van der Waals surface area contributed by atoms with Crippen LogP contribution in [0.2, 0.25) is 0 Å². The molecule has 52 heavy (non-hydrogen) atoms. The number of anilines is 3. The largest absolute Gasteiger partial charge is 0.456 e. The van der Waals surface area contributed by atoms with Crippen LogP contribution in [0.15, 0.2) is 180 Å². The summed E-state index contributed by atoms with van der Waals surface area (Å²) in [5.41, 5.74) is 9.94. The molecule has 3 aromatic heterocycles. The second kappa shape index (κ2) is 11.7. The van der Waals surface area contributed by atoms with E-state index in [-0.39, 0.29) is 0 Å². The minimum Gasteiger partial charge on any atom is -0.456 e. The number of hydrogen-bond donors (Lipinski definition) is 0. The van der Waals surface area contributed by atoms with Crippen LogP contribution < -0.4 is 4.90 Å². The third-order valence-corrected chi connectivity index (χ3v) is 12.5. The SMILES string of the molecule is c1ccc(N(c2ccccc2)c2ccc3c(c2)oc2cc(-c4ccc5c(c4)sc4ccc(-c6cccc7sc8ccccc8c67)cc45)ccc23)cc1. The second-order valence-electron chi connectivity index (χ2n) is 13.3. The highest BCUT2D eigenvalue weighted by Crippen LogP contribution is 2.44. The molecular formula is C48H29NOS2. The standard InChI is InChI=1S/C48H29NOS2/c1-3-10-33(11-4-1)49(34-12-5-2-6-13-34)35-21-24-38-37-22-18-30(27-42(37)50-43(38)29-35)31-19-23-39-41-26-32(20-25-45(41)52-47(39)28-31)36-15-9-17-46-48(36)40-14-7-8-16-44(40)51-46/h1-29H. The Bertz CT molecular complexity index is 3090. The Labute approximate surface area is 308 Å². The van der Waals surface area contributed by atoms with Gasteiger partial charge in [-0.25, -0.2) is 0 Å². The predicted octanol–water partition coefficient (Wildman–Crippen LogP) is 15.1. The zero-order valence-corrected chi connectivity index (χ0v) is 29.5. The molecule has 0 N–H and O–H groups in total. The normalized spacial score (nSPS) is 11.8. The number of furan rings is 1.